The van der Waals surface area contributed by atoms with Crippen LogP contribution in [0.3, 0.4) is 0 Å². The highest BCUT2D eigenvalue weighted by Crippen LogP contribution is 2.34. The van der Waals surface area contributed by atoms with Gasteiger partial charge in [0.25, 0.3) is 9.05 Å². The Hall–Kier alpha value is -1.00. The highest BCUT2D eigenvalue weighted by atomic mass is 35.7. The van der Waals surface area contributed by atoms with Crippen molar-refractivity contribution in [3.63, 3.8) is 0 Å². The molecule has 5 heteroatoms. The van der Waals surface area contributed by atoms with Gasteiger partial charge in [-0.1, -0.05) is 26.3 Å². The lowest BCUT2D eigenvalue weighted by Gasteiger charge is -2.23. The maximum Gasteiger partial charge on any atom is 0.261 e. The van der Waals surface area contributed by atoms with E-state index in [2.05, 4.69) is 0 Å². The van der Waals surface area contributed by atoms with Gasteiger partial charge in [-0.2, -0.15) is 0 Å². The second kappa shape index (κ2) is 6.19. The van der Waals surface area contributed by atoms with E-state index in [1.54, 1.807) is 12.1 Å². The van der Waals surface area contributed by atoms with Crippen LogP contribution in [0.5, 0.6) is 5.75 Å². The van der Waals surface area contributed by atoms with Crippen LogP contribution in [-0.2, 0) is 14.5 Å². The van der Waals surface area contributed by atoms with Crippen LogP contribution in [0, 0.1) is 0 Å². The molecule has 1 rings (SSSR count). The average Bonchev–Trinajstić information content (AvgIpc) is 2.25. The van der Waals surface area contributed by atoms with E-state index < -0.39 is 9.05 Å². The molecule has 3 nitrogen and oxygen atoms in total. The minimum Gasteiger partial charge on any atom is -0.489 e. The Balaban J connectivity index is 3.22. The lowest BCUT2D eigenvalue weighted by atomic mass is 9.86. The molecule has 0 aliphatic carbocycles. The van der Waals surface area contributed by atoms with Crippen molar-refractivity contribution in [1.82, 2.24) is 0 Å². The van der Waals surface area contributed by atoms with E-state index in [4.69, 9.17) is 15.4 Å². The van der Waals surface area contributed by atoms with Gasteiger partial charge in [-0.05, 0) is 43.5 Å². The quantitative estimate of drug-likeness (QED) is 0.616. The van der Waals surface area contributed by atoms with Gasteiger partial charge < -0.3 is 4.74 Å². The van der Waals surface area contributed by atoms with Crippen molar-refractivity contribution in [3.05, 3.63) is 35.4 Å². The predicted octanol–water partition coefficient (Wildman–Crippen LogP) is 4.26. The standard InChI is InChI=1S/C15H21ClO3S/c1-11(2)8-9-19-14-7-6-12(20(16,17)18)10-13(14)15(3,4)5/h6-8,10H,9H2,1-5H3. The normalized spacial score (nSPS) is 12.1. The number of rotatable bonds is 4. The molecule has 0 unspecified atom stereocenters. The summed E-state index contributed by atoms with van der Waals surface area (Å²) in [5, 5.41) is 0. The summed E-state index contributed by atoms with van der Waals surface area (Å²) in [6.45, 7) is 10.5. The molecule has 0 aliphatic heterocycles. The molecule has 112 valence electrons. The van der Waals surface area contributed by atoms with Gasteiger partial charge in [0, 0.05) is 16.2 Å². The maximum absolute atomic E-state index is 11.4. The number of ether oxygens (including phenoxy) is 1. The molecule has 0 N–H and O–H groups in total. The molecule has 0 fully saturated rings. The van der Waals surface area contributed by atoms with Gasteiger partial charge in [-0.3, -0.25) is 0 Å². The summed E-state index contributed by atoms with van der Waals surface area (Å²) < 4.78 is 28.6. The van der Waals surface area contributed by atoms with Gasteiger partial charge in [-0.25, -0.2) is 8.42 Å². The van der Waals surface area contributed by atoms with Crippen molar-refractivity contribution in [2.24, 2.45) is 0 Å². The SMILES string of the molecule is CC(C)=CCOc1ccc(S(=O)(=O)Cl)cc1C(C)(C)C. The number of halogens is 1. The summed E-state index contributed by atoms with van der Waals surface area (Å²) in [5.74, 6) is 0.680. The summed E-state index contributed by atoms with van der Waals surface area (Å²) >= 11 is 0. The summed E-state index contributed by atoms with van der Waals surface area (Å²) in [6.07, 6.45) is 1.97. The smallest absolute Gasteiger partial charge is 0.261 e. The van der Waals surface area contributed by atoms with E-state index in [0.717, 1.165) is 5.56 Å². The van der Waals surface area contributed by atoms with Gasteiger partial charge in [0.2, 0.25) is 0 Å². The van der Waals surface area contributed by atoms with Crippen molar-refractivity contribution in [2.75, 3.05) is 6.61 Å². The van der Waals surface area contributed by atoms with Crippen molar-refractivity contribution in [2.45, 2.75) is 44.9 Å². The molecule has 0 heterocycles. The molecule has 0 atom stereocenters. The van der Waals surface area contributed by atoms with Crippen LogP contribution in [0.2, 0.25) is 0 Å². The third-order valence-electron chi connectivity index (χ3n) is 2.77. The Kier molecular flexibility index (Phi) is 5.27. The number of benzene rings is 1. The molecule has 0 aliphatic rings. The maximum atomic E-state index is 11.4. The van der Waals surface area contributed by atoms with Crippen LogP contribution in [0.25, 0.3) is 0 Å². The summed E-state index contributed by atoms with van der Waals surface area (Å²) in [7, 11) is 1.67. The zero-order valence-electron chi connectivity index (χ0n) is 12.5. The van der Waals surface area contributed by atoms with Crippen molar-refractivity contribution in [1.29, 1.82) is 0 Å². The first-order valence-corrected chi connectivity index (χ1v) is 8.68. The van der Waals surface area contributed by atoms with E-state index in [9.17, 15) is 8.42 Å². The Labute approximate surface area is 126 Å². The second-order valence-corrected chi connectivity index (χ2v) is 8.50. The number of hydrogen-bond acceptors (Lipinski definition) is 3. The van der Waals surface area contributed by atoms with Gasteiger partial charge in [-0.15, -0.1) is 0 Å². The fourth-order valence-corrected chi connectivity index (χ4v) is 2.45. The third kappa shape index (κ3) is 4.84. The third-order valence-corrected chi connectivity index (χ3v) is 4.12. The van der Waals surface area contributed by atoms with E-state index in [1.807, 2.05) is 40.7 Å². The molecule has 20 heavy (non-hydrogen) atoms. The Morgan fingerprint density at radius 1 is 1.30 bits per heavy atom. The van der Waals surface area contributed by atoms with Gasteiger partial charge >= 0.3 is 0 Å². The first-order chi connectivity index (χ1) is 9.01. The second-order valence-electron chi connectivity index (χ2n) is 5.94. The Bertz CT molecular complexity index is 606. The number of hydrogen-bond donors (Lipinski definition) is 0. The summed E-state index contributed by atoms with van der Waals surface area (Å²) in [5.41, 5.74) is 1.75. The van der Waals surface area contributed by atoms with Crippen LogP contribution in [0.1, 0.15) is 40.2 Å². The molecule has 0 amide bonds. The molecule has 1 aromatic carbocycles. The molecule has 1 aromatic rings. The molecule has 0 bridgehead atoms. The van der Waals surface area contributed by atoms with Crippen LogP contribution in [-0.4, -0.2) is 15.0 Å². The van der Waals surface area contributed by atoms with E-state index in [0.29, 0.717) is 12.4 Å². The molecule has 0 saturated carbocycles. The van der Waals surface area contributed by atoms with E-state index in [-0.39, 0.29) is 10.3 Å². The molecule has 0 radical (unpaired) electrons. The first kappa shape index (κ1) is 17.1. The van der Waals surface area contributed by atoms with Crippen molar-refractivity contribution >= 4 is 19.7 Å². The summed E-state index contributed by atoms with van der Waals surface area (Å²) in [6, 6.07) is 4.71. The molecule has 0 aromatic heterocycles. The minimum atomic E-state index is -3.73. The highest BCUT2D eigenvalue weighted by molar-refractivity contribution is 8.13. The van der Waals surface area contributed by atoms with Crippen molar-refractivity contribution < 1.29 is 13.2 Å². The molecule has 0 saturated heterocycles. The fourth-order valence-electron chi connectivity index (χ4n) is 1.67. The molecular formula is C15H21ClO3S. The molecular weight excluding hydrogens is 296 g/mol. The largest absolute Gasteiger partial charge is 0.489 e. The van der Waals surface area contributed by atoms with Crippen LogP contribution in [0.4, 0.5) is 0 Å². The van der Waals surface area contributed by atoms with E-state index >= 15 is 0 Å². The van der Waals surface area contributed by atoms with E-state index in [1.165, 1.54) is 11.6 Å². The monoisotopic (exact) mass is 316 g/mol. The minimum absolute atomic E-state index is 0.0960. The van der Waals surface area contributed by atoms with Crippen LogP contribution in [0.15, 0.2) is 34.7 Å². The topological polar surface area (TPSA) is 43.4 Å². The average molecular weight is 317 g/mol. The lowest BCUT2D eigenvalue weighted by molar-refractivity contribution is 0.349. The van der Waals surface area contributed by atoms with Crippen LogP contribution >= 0.6 is 10.7 Å². The van der Waals surface area contributed by atoms with Gasteiger partial charge in [0.05, 0.1) is 4.90 Å². The van der Waals surface area contributed by atoms with Gasteiger partial charge in [0.1, 0.15) is 12.4 Å². The number of allylic oxidation sites excluding steroid dienone is 1. The Morgan fingerprint density at radius 2 is 1.90 bits per heavy atom. The fraction of sp³-hybridized carbons (Fsp3) is 0.467. The zero-order valence-corrected chi connectivity index (χ0v) is 14.1. The zero-order chi connectivity index (χ0) is 15.6. The Morgan fingerprint density at radius 3 is 2.35 bits per heavy atom. The lowest BCUT2D eigenvalue weighted by Crippen LogP contribution is -2.14. The van der Waals surface area contributed by atoms with Gasteiger partial charge in [0.15, 0.2) is 0 Å². The first-order valence-electron chi connectivity index (χ1n) is 6.37. The summed E-state index contributed by atoms with van der Waals surface area (Å²) in [4.78, 5) is 0.0960. The predicted molar refractivity (Wildman–Crippen MR) is 83.1 cm³/mol. The highest BCUT2D eigenvalue weighted by Gasteiger charge is 2.22. The van der Waals surface area contributed by atoms with Crippen LogP contribution < -0.4 is 4.74 Å². The molecule has 0 spiro atoms. The van der Waals surface area contributed by atoms with Crippen molar-refractivity contribution in [3.8, 4) is 5.75 Å².